The van der Waals surface area contributed by atoms with Crippen LogP contribution in [0.5, 0.6) is 0 Å². The van der Waals surface area contributed by atoms with Crippen LogP contribution in [-0.2, 0) is 16.8 Å². The number of amides is 1. The van der Waals surface area contributed by atoms with Gasteiger partial charge >= 0.3 is 0 Å². The second-order valence-electron chi connectivity index (χ2n) is 7.59. The molecule has 0 saturated heterocycles. The fourth-order valence-corrected chi connectivity index (χ4v) is 3.17. The number of benzene rings is 1. The zero-order valence-electron chi connectivity index (χ0n) is 15.2. The molecule has 0 spiro atoms. The molecule has 2 heterocycles. The molecule has 25 heavy (non-hydrogen) atoms. The van der Waals surface area contributed by atoms with E-state index in [4.69, 9.17) is 0 Å². The number of carbonyl (C=O) groups is 1. The molecule has 1 atom stereocenters. The molecular formula is C20H26N4O. The second kappa shape index (κ2) is 6.75. The number of fused-ring (bicyclic) bond motifs is 1. The summed E-state index contributed by atoms with van der Waals surface area (Å²) in [5, 5.41) is 7.33. The number of anilines is 2. The van der Waals surface area contributed by atoms with Crippen molar-refractivity contribution in [3.63, 3.8) is 0 Å². The molecule has 0 radical (unpaired) electrons. The summed E-state index contributed by atoms with van der Waals surface area (Å²) in [7, 11) is 0. The van der Waals surface area contributed by atoms with Crippen molar-refractivity contribution in [3.05, 3.63) is 54.7 Å². The number of aromatic nitrogens is 2. The maximum absolute atomic E-state index is 11.5. The second-order valence-corrected chi connectivity index (χ2v) is 7.59. The van der Waals surface area contributed by atoms with Crippen molar-refractivity contribution in [2.75, 3.05) is 18.0 Å². The zero-order chi connectivity index (χ0) is 18.0. The molecule has 132 valence electrons. The van der Waals surface area contributed by atoms with Crippen molar-refractivity contribution in [1.82, 2.24) is 15.1 Å². The van der Waals surface area contributed by atoms with Crippen molar-refractivity contribution in [3.8, 4) is 0 Å². The molecule has 0 saturated carbocycles. The smallest absolute Gasteiger partial charge is 0.243 e. The molecule has 5 heteroatoms. The van der Waals surface area contributed by atoms with Crippen LogP contribution in [0.2, 0.25) is 0 Å². The lowest BCUT2D eigenvalue weighted by atomic mass is 9.87. The van der Waals surface area contributed by atoms with E-state index >= 15 is 0 Å². The van der Waals surface area contributed by atoms with E-state index in [0.29, 0.717) is 12.5 Å². The molecule has 1 aliphatic rings. The topological polar surface area (TPSA) is 50.2 Å². The monoisotopic (exact) mass is 338 g/mol. The van der Waals surface area contributed by atoms with Gasteiger partial charge in [-0.05, 0) is 29.2 Å². The van der Waals surface area contributed by atoms with Gasteiger partial charge in [0.15, 0.2) is 0 Å². The highest BCUT2D eigenvalue weighted by atomic mass is 16.1. The first-order chi connectivity index (χ1) is 11.9. The lowest BCUT2D eigenvalue weighted by molar-refractivity contribution is -0.116. The van der Waals surface area contributed by atoms with Gasteiger partial charge in [-0.2, -0.15) is 5.10 Å². The van der Waals surface area contributed by atoms with Gasteiger partial charge in [-0.15, -0.1) is 0 Å². The summed E-state index contributed by atoms with van der Waals surface area (Å²) >= 11 is 0. The lowest BCUT2D eigenvalue weighted by Gasteiger charge is -2.35. The number of nitrogens with zero attached hydrogens (tertiary/aromatic N) is 3. The Kier molecular flexibility index (Phi) is 4.66. The Balaban J connectivity index is 1.82. The van der Waals surface area contributed by atoms with Crippen LogP contribution < -0.4 is 10.2 Å². The molecule has 5 nitrogen and oxygen atoms in total. The molecule has 0 aliphatic carbocycles. The summed E-state index contributed by atoms with van der Waals surface area (Å²) in [6.07, 6.45) is 3.14. The van der Waals surface area contributed by atoms with E-state index in [9.17, 15) is 4.79 Å². The largest absolute Gasteiger partial charge is 0.352 e. The molecule has 1 N–H and O–H groups in total. The third kappa shape index (κ3) is 3.76. The van der Waals surface area contributed by atoms with Gasteiger partial charge in [0, 0.05) is 37.3 Å². The summed E-state index contributed by atoms with van der Waals surface area (Å²) in [6.45, 7) is 12.4. The van der Waals surface area contributed by atoms with E-state index in [1.165, 1.54) is 11.6 Å². The Morgan fingerprint density at radius 1 is 1.28 bits per heavy atom. The molecule has 1 aromatic heterocycles. The van der Waals surface area contributed by atoms with Gasteiger partial charge in [-0.1, -0.05) is 39.5 Å². The van der Waals surface area contributed by atoms with E-state index in [0.717, 1.165) is 24.6 Å². The number of rotatable bonds is 4. The van der Waals surface area contributed by atoms with E-state index in [2.05, 4.69) is 66.9 Å². The van der Waals surface area contributed by atoms with Crippen molar-refractivity contribution >= 4 is 17.4 Å². The molecule has 1 unspecified atom stereocenters. The van der Waals surface area contributed by atoms with Gasteiger partial charge in [0.25, 0.3) is 0 Å². The molecule has 3 rings (SSSR count). The molecule has 1 amide bonds. The van der Waals surface area contributed by atoms with Gasteiger partial charge < -0.3 is 10.2 Å². The van der Waals surface area contributed by atoms with Gasteiger partial charge in [-0.25, -0.2) is 4.68 Å². The average Bonchev–Trinajstić information content (AvgIpc) is 3.06. The fourth-order valence-electron chi connectivity index (χ4n) is 3.17. The molecule has 1 aromatic carbocycles. The first-order valence-corrected chi connectivity index (χ1v) is 8.68. The van der Waals surface area contributed by atoms with Gasteiger partial charge in [0.05, 0.1) is 6.20 Å². The maximum atomic E-state index is 11.5. The quantitative estimate of drug-likeness (QED) is 0.871. The number of hydrogen-bond acceptors (Lipinski definition) is 3. The van der Waals surface area contributed by atoms with E-state index in [-0.39, 0.29) is 11.3 Å². The first kappa shape index (κ1) is 17.3. The molecule has 0 bridgehead atoms. The normalized spacial score (nSPS) is 17.1. The van der Waals surface area contributed by atoms with Crippen LogP contribution in [0, 0.1) is 5.92 Å². The molecular weight excluding hydrogens is 312 g/mol. The van der Waals surface area contributed by atoms with Crippen LogP contribution in [0.3, 0.4) is 0 Å². The van der Waals surface area contributed by atoms with Crippen LogP contribution in [0.4, 0.5) is 11.5 Å². The fraction of sp³-hybridized carbons (Fsp3) is 0.400. The van der Waals surface area contributed by atoms with E-state index in [1.54, 1.807) is 0 Å². The maximum Gasteiger partial charge on any atom is 0.243 e. The summed E-state index contributed by atoms with van der Waals surface area (Å²) < 4.78 is 2.01. The van der Waals surface area contributed by atoms with Gasteiger partial charge in [-0.3, -0.25) is 4.79 Å². The number of nitrogens with one attached hydrogen (secondary N) is 1. The van der Waals surface area contributed by atoms with Crippen LogP contribution in [0.15, 0.2) is 49.2 Å². The minimum Gasteiger partial charge on any atom is -0.352 e. The Morgan fingerprint density at radius 2 is 2.00 bits per heavy atom. The predicted molar refractivity (Wildman–Crippen MR) is 101 cm³/mol. The van der Waals surface area contributed by atoms with Crippen molar-refractivity contribution in [2.45, 2.75) is 32.7 Å². The third-order valence-electron chi connectivity index (χ3n) is 4.64. The average molecular weight is 338 g/mol. The first-order valence-electron chi connectivity index (χ1n) is 8.68. The van der Waals surface area contributed by atoms with Crippen molar-refractivity contribution < 1.29 is 4.79 Å². The minimum atomic E-state index is -0.132. The third-order valence-corrected chi connectivity index (χ3v) is 4.64. The Morgan fingerprint density at radius 3 is 2.64 bits per heavy atom. The molecule has 1 aliphatic heterocycles. The lowest BCUT2D eigenvalue weighted by Crippen LogP contribution is -2.41. The highest BCUT2D eigenvalue weighted by molar-refractivity contribution is 5.86. The summed E-state index contributed by atoms with van der Waals surface area (Å²) in [4.78, 5) is 13.7. The van der Waals surface area contributed by atoms with Gasteiger partial charge in [0.2, 0.25) is 5.91 Å². The standard InChI is InChI=1S/C20H26N4O/c1-5-18(25)21-12-15-13-23(19-10-11-22-24(19)14-15)17-8-6-16(7-9-17)20(2,3)4/h5-11,15H,1,12-14H2,2-4H3,(H,21,25). The van der Waals surface area contributed by atoms with E-state index in [1.807, 2.05) is 16.9 Å². The minimum absolute atomic E-state index is 0.132. The summed E-state index contributed by atoms with van der Waals surface area (Å²) in [5.74, 6) is 1.25. The van der Waals surface area contributed by atoms with Crippen LogP contribution in [0.25, 0.3) is 0 Å². The highest BCUT2D eigenvalue weighted by Crippen LogP contribution is 2.32. The van der Waals surface area contributed by atoms with Gasteiger partial charge in [0.1, 0.15) is 5.82 Å². The molecule has 0 fully saturated rings. The summed E-state index contributed by atoms with van der Waals surface area (Å²) in [6, 6.07) is 10.8. The van der Waals surface area contributed by atoms with Crippen LogP contribution >= 0.6 is 0 Å². The van der Waals surface area contributed by atoms with Crippen LogP contribution in [0.1, 0.15) is 26.3 Å². The summed E-state index contributed by atoms with van der Waals surface area (Å²) in [5.41, 5.74) is 2.60. The number of hydrogen-bond donors (Lipinski definition) is 1. The van der Waals surface area contributed by atoms with E-state index < -0.39 is 0 Å². The highest BCUT2D eigenvalue weighted by Gasteiger charge is 2.26. The Bertz CT molecular complexity index is 755. The van der Waals surface area contributed by atoms with Crippen LogP contribution in [-0.4, -0.2) is 28.8 Å². The SMILES string of the molecule is C=CC(=O)NCC1CN(c2ccc(C(C)(C)C)cc2)c2ccnn2C1. The predicted octanol–water partition coefficient (Wildman–Crippen LogP) is 3.25. The Labute approximate surface area is 149 Å². The van der Waals surface area contributed by atoms with Crippen molar-refractivity contribution in [2.24, 2.45) is 5.92 Å². The zero-order valence-corrected chi connectivity index (χ0v) is 15.2. The Hall–Kier alpha value is -2.56. The number of carbonyl (C=O) groups excluding carboxylic acids is 1. The molecule has 2 aromatic rings. The van der Waals surface area contributed by atoms with Crippen molar-refractivity contribution in [1.29, 1.82) is 0 Å².